The van der Waals surface area contributed by atoms with Crippen molar-refractivity contribution in [3.05, 3.63) is 29.8 Å². The fourth-order valence-electron chi connectivity index (χ4n) is 2.24. The molecule has 7 heteroatoms. The number of nitrogens with one attached hydrogen (secondary N) is 3. The first-order valence-corrected chi connectivity index (χ1v) is 9.09. The lowest BCUT2D eigenvalue weighted by Crippen LogP contribution is -2.37. The molecule has 0 atom stereocenters. The summed E-state index contributed by atoms with van der Waals surface area (Å²) >= 11 is 0. The van der Waals surface area contributed by atoms with Crippen LogP contribution in [0, 0.1) is 0 Å². The number of benzene rings is 1. The summed E-state index contributed by atoms with van der Waals surface area (Å²) in [7, 11) is 3.40. The fraction of sp³-hybridized carbons (Fsp3) is 0.579. The van der Waals surface area contributed by atoms with Crippen molar-refractivity contribution in [1.82, 2.24) is 10.6 Å². The molecule has 26 heavy (non-hydrogen) atoms. The maximum Gasteiger partial charge on any atom is 0.224 e. The molecule has 0 radical (unpaired) electrons. The van der Waals surface area contributed by atoms with Crippen molar-refractivity contribution in [2.24, 2.45) is 4.99 Å². The smallest absolute Gasteiger partial charge is 0.224 e. The number of hydrogen-bond acceptors (Lipinski definition) is 4. The van der Waals surface area contributed by atoms with Crippen LogP contribution in [0.1, 0.15) is 31.7 Å². The van der Waals surface area contributed by atoms with E-state index in [2.05, 4.69) is 20.9 Å². The monoisotopic (exact) mass is 364 g/mol. The molecule has 0 spiro atoms. The van der Waals surface area contributed by atoms with E-state index in [1.165, 1.54) is 0 Å². The largest absolute Gasteiger partial charge is 0.382 e. The molecule has 0 saturated heterocycles. The number of anilines is 1. The third-order valence-electron chi connectivity index (χ3n) is 3.56. The second kappa shape index (κ2) is 14.1. The predicted octanol–water partition coefficient (Wildman–Crippen LogP) is 2.14. The number of aliphatic imine (C=N–C) groups is 1. The molecule has 0 saturated carbocycles. The standard InChI is InChI=1S/C19H32N4O3/c1-4-7-18(24)23-17-9-5-8-16(14-17)15-22-19(20-2)21-10-6-11-26-13-12-25-3/h5,8-9,14H,4,6-7,10-13,15H2,1-3H3,(H,23,24)(H2,20,21,22). The summed E-state index contributed by atoms with van der Waals surface area (Å²) in [5.41, 5.74) is 1.89. The molecule has 1 rings (SSSR count). The van der Waals surface area contributed by atoms with Gasteiger partial charge in [0.15, 0.2) is 5.96 Å². The molecule has 0 aliphatic carbocycles. The molecule has 1 amide bonds. The first-order chi connectivity index (χ1) is 12.7. The van der Waals surface area contributed by atoms with Gasteiger partial charge in [0.25, 0.3) is 0 Å². The van der Waals surface area contributed by atoms with E-state index < -0.39 is 0 Å². The Labute approximate surface area is 156 Å². The maximum absolute atomic E-state index is 11.7. The minimum Gasteiger partial charge on any atom is -0.382 e. The van der Waals surface area contributed by atoms with Gasteiger partial charge in [0.1, 0.15) is 0 Å². The van der Waals surface area contributed by atoms with E-state index >= 15 is 0 Å². The molecule has 0 aliphatic heterocycles. The molecule has 0 fully saturated rings. The second-order valence-corrected chi connectivity index (χ2v) is 5.81. The van der Waals surface area contributed by atoms with Crippen LogP contribution in [0.3, 0.4) is 0 Å². The number of amides is 1. The van der Waals surface area contributed by atoms with Crippen LogP contribution in [0.5, 0.6) is 0 Å². The summed E-state index contributed by atoms with van der Waals surface area (Å²) in [5.74, 6) is 0.783. The highest BCUT2D eigenvalue weighted by molar-refractivity contribution is 5.90. The second-order valence-electron chi connectivity index (χ2n) is 5.81. The maximum atomic E-state index is 11.7. The van der Waals surface area contributed by atoms with Gasteiger partial charge in [0.05, 0.1) is 13.2 Å². The minimum atomic E-state index is 0.0443. The zero-order valence-corrected chi connectivity index (χ0v) is 16.1. The first-order valence-electron chi connectivity index (χ1n) is 9.09. The van der Waals surface area contributed by atoms with Gasteiger partial charge in [0.2, 0.25) is 5.91 Å². The Morgan fingerprint density at radius 1 is 1.19 bits per heavy atom. The molecule has 3 N–H and O–H groups in total. The highest BCUT2D eigenvalue weighted by Gasteiger charge is 2.03. The number of carbonyl (C=O) groups excluding carboxylic acids is 1. The van der Waals surface area contributed by atoms with Crippen molar-refractivity contribution in [3.8, 4) is 0 Å². The summed E-state index contributed by atoms with van der Waals surface area (Å²) in [5, 5.41) is 9.43. The van der Waals surface area contributed by atoms with E-state index in [1.807, 2.05) is 31.2 Å². The van der Waals surface area contributed by atoms with Crippen molar-refractivity contribution in [2.45, 2.75) is 32.7 Å². The highest BCUT2D eigenvalue weighted by Crippen LogP contribution is 2.11. The average molecular weight is 364 g/mol. The van der Waals surface area contributed by atoms with Crippen LogP contribution < -0.4 is 16.0 Å². The lowest BCUT2D eigenvalue weighted by Gasteiger charge is -2.13. The van der Waals surface area contributed by atoms with Crippen LogP contribution in [-0.2, 0) is 20.8 Å². The summed E-state index contributed by atoms with van der Waals surface area (Å²) in [6, 6.07) is 7.82. The topological polar surface area (TPSA) is 84.0 Å². The number of methoxy groups -OCH3 is 1. The zero-order chi connectivity index (χ0) is 19.0. The summed E-state index contributed by atoms with van der Waals surface area (Å²) < 4.78 is 10.3. The Hall–Kier alpha value is -2.12. The molecular weight excluding hydrogens is 332 g/mol. The Morgan fingerprint density at radius 2 is 2.04 bits per heavy atom. The van der Waals surface area contributed by atoms with E-state index in [1.54, 1.807) is 14.2 Å². The van der Waals surface area contributed by atoms with Crippen LogP contribution in [0.2, 0.25) is 0 Å². The van der Waals surface area contributed by atoms with Crippen molar-refractivity contribution in [1.29, 1.82) is 0 Å². The molecule has 1 aromatic carbocycles. The van der Waals surface area contributed by atoms with Gasteiger partial charge in [-0.25, -0.2) is 0 Å². The molecule has 1 aromatic rings. The number of ether oxygens (including phenoxy) is 2. The number of hydrogen-bond donors (Lipinski definition) is 3. The molecule has 0 heterocycles. The van der Waals surface area contributed by atoms with Gasteiger partial charge in [0, 0.05) is 46.0 Å². The lowest BCUT2D eigenvalue weighted by molar-refractivity contribution is -0.116. The van der Waals surface area contributed by atoms with E-state index in [0.29, 0.717) is 32.8 Å². The predicted molar refractivity (Wildman–Crippen MR) is 105 cm³/mol. The molecule has 0 unspecified atom stereocenters. The molecule has 0 aliphatic rings. The van der Waals surface area contributed by atoms with E-state index in [9.17, 15) is 4.79 Å². The molecule has 146 valence electrons. The SMILES string of the molecule is CCCC(=O)Nc1cccc(CNC(=NC)NCCCOCCOC)c1. The van der Waals surface area contributed by atoms with E-state index in [4.69, 9.17) is 9.47 Å². The van der Waals surface area contributed by atoms with Crippen LogP contribution >= 0.6 is 0 Å². The van der Waals surface area contributed by atoms with Crippen LogP contribution in [-0.4, -0.2) is 52.4 Å². The van der Waals surface area contributed by atoms with Crippen molar-refractivity contribution >= 4 is 17.6 Å². The van der Waals surface area contributed by atoms with Gasteiger partial charge in [-0.2, -0.15) is 0 Å². The minimum absolute atomic E-state index is 0.0443. The number of guanidine groups is 1. The normalized spacial score (nSPS) is 11.3. The molecule has 0 bridgehead atoms. The molecule has 0 aromatic heterocycles. The van der Waals surface area contributed by atoms with Crippen LogP contribution in [0.15, 0.2) is 29.3 Å². The summed E-state index contributed by atoms with van der Waals surface area (Å²) in [4.78, 5) is 15.9. The zero-order valence-electron chi connectivity index (χ0n) is 16.1. The quantitative estimate of drug-likeness (QED) is 0.301. The lowest BCUT2D eigenvalue weighted by atomic mass is 10.2. The van der Waals surface area contributed by atoms with Crippen molar-refractivity contribution in [3.63, 3.8) is 0 Å². The number of nitrogens with zero attached hydrogens (tertiary/aromatic N) is 1. The Morgan fingerprint density at radius 3 is 2.77 bits per heavy atom. The van der Waals surface area contributed by atoms with Gasteiger partial charge in [-0.15, -0.1) is 0 Å². The highest BCUT2D eigenvalue weighted by atomic mass is 16.5. The molecular formula is C19H32N4O3. The van der Waals surface area contributed by atoms with Gasteiger partial charge >= 0.3 is 0 Å². The van der Waals surface area contributed by atoms with Gasteiger partial charge in [-0.1, -0.05) is 19.1 Å². The Balaban J connectivity index is 2.31. The first kappa shape index (κ1) is 21.9. The molecule has 7 nitrogen and oxygen atoms in total. The fourth-order valence-corrected chi connectivity index (χ4v) is 2.24. The number of carbonyl (C=O) groups is 1. The Bertz CT molecular complexity index is 549. The van der Waals surface area contributed by atoms with Crippen molar-refractivity contribution < 1.29 is 14.3 Å². The third kappa shape index (κ3) is 10.0. The van der Waals surface area contributed by atoms with Gasteiger partial charge in [-0.05, 0) is 30.5 Å². The average Bonchev–Trinajstić information content (AvgIpc) is 2.64. The Kier molecular flexibility index (Phi) is 11.9. The van der Waals surface area contributed by atoms with Gasteiger partial charge < -0.3 is 25.4 Å². The summed E-state index contributed by atoms with van der Waals surface area (Å²) in [6.45, 7) is 5.32. The van der Waals surface area contributed by atoms with Crippen LogP contribution in [0.25, 0.3) is 0 Å². The summed E-state index contributed by atoms with van der Waals surface area (Å²) in [6.07, 6.45) is 2.27. The van der Waals surface area contributed by atoms with E-state index in [0.717, 1.165) is 36.6 Å². The van der Waals surface area contributed by atoms with Crippen molar-refractivity contribution in [2.75, 3.05) is 45.8 Å². The number of rotatable bonds is 12. The third-order valence-corrected chi connectivity index (χ3v) is 3.56. The van der Waals surface area contributed by atoms with E-state index in [-0.39, 0.29) is 5.91 Å². The van der Waals surface area contributed by atoms with Crippen LogP contribution in [0.4, 0.5) is 5.69 Å². The van der Waals surface area contributed by atoms with Gasteiger partial charge in [-0.3, -0.25) is 9.79 Å².